The number of primary amides is 1. The minimum atomic E-state index is -1.26. The summed E-state index contributed by atoms with van der Waals surface area (Å²) in [5.74, 6) is -2.88. The summed E-state index contributed by atoms with van der Waals surface area (Å²) in [6, 6.07) is 3.11. The molecule has 2 rings (SSSR count). The van der Waals surface area contributed by atoms with E-state index in [-0.39, 0.29) is 48.8 Å². The zero-order valence-corrected chi connectivity index (χ0v) is 20.2. The summed E-state index contributed by atoms with van der Waals surface area (Å²) in [5, 5.41) is 5.46. The van der Waals surface area contributed by atoms with Gasteiger partial charge >= 0.3 is 0 Å². The zero-order chi connectivity index (χ0) is 26.5. The van der Waals surface area contributed by atoms with Crippen molar-refractivity contribution in [3.63, 3.8) is 0 Å². The predicted molar refractivity (Wildman–Crippen MR) is 127 cm³/mol. The highest BCUT2D eigenvalue weighted by Crippen LogP contribution is 2.32. The number of fused-ring (bicyclic) bond motifs is 1. The summed E-state index contributed by atoms with van der Waals surface area (Å²) in [6.07, 6.45) is 3.77. The van der Waals surface area contributed by atoms with Crippen molar-refractivity contribution in [1.82, 2.24) is 15.5 Å². The number of aldehydes is 1. The van der Waals surface area contributed by atoms with Crippen LogP contribution in [0.15, 0.2) is 18.2 Å². The van der Waals surface area contributed by atoms with Crippen molar-refractivity contribution < 1.29 is 38.2 Å². The second kappa shape index (κ2) is 14.6. The van der Waals surface area contributed by atoms with E-state index in [2.05, 4.69) is 10.6 Å². The lowest BCUT2D eigenvalue weighted by atomic mass is 10.1. The summed E-state index contributed by atoms with van der Waals surface area (Å²) in [5.41, 5.74) is 5.35. The number of unbranched alkanes of at least 4 members (excludes halogenated alkanes) is 3. The van der Waals surface area contributed by atoms with E-state index in [0.717, 1.165) is 30.6 Å². The second-order valence-electron chi connectivity index (χ2n) is 8.16. The zero-order valence-electron chi connectivity index (χ0n) is 20.2. The van der Waals surface area contributed by atoms with Crippen molar-refractivity contribution in [1.29, 1.82) is 0 Å². The first-order valence-electron chi connectivity index (χ1n) is 11.7. The Kier molecular flexibility index (Phi) is 11.5. The minimum Gasteiger partial charge on any atom is -0.483 e. The third kappa shape index (κ3) is 7.87. The molecule has 36 heavy (non-hydrogen) atoms. The third-order valence-corrected chi connectivity index (χ3v) is 5.49. The lowest BCUT2D eigenvalue weighted by molar-refractivity contribution is -0.125. The van der Waals surface area contributed by atoms with Crippen LogP contribution >= 0.6 is 0 Å². The van der Waals surface area contributed by atoms with Gasteiger partial charge in [-0.1, -0.05) is 18.9 Å². The summed E-state index contributed by atoms with van der Waals surface area (Å²) in [6.45, 7) is 0.679. The lowest BCUT2D eigenvalue weighted by Gasteiger charge is -2.22. The van der Waals surface area contributed by atoms with E-state index in [9.17, 15) is 28.8 Å². The first-order chi connectivity index (χ1) is 17.3. The van der Waals surface area contributed by atoms with Crippen LogP contribution in [-0.4, -0.2) is 80.2 Å². The number of rotatable bonds is 17. The highest BCUT2D eigenvalue weighted by Gasteiger charge is 2.43. The van der Waals surface area contributed by atoms with Gasteiger partial charge in [0.25, 0.3) is 17.7 Å². The van der Waals surface area contributed by atoms with Gasteiger partial charge in [-0.05, 0) is 31.4 Å². The average Bonchev–Trinajstić information content (AvgIpc) is 3.10. The molecular formula is C24H32N4O8. The van der Waals surface area contributed by atoms with E-state index >= 15 is 0 Å². The van der Waals surface area contributed by atoms with Crippen molar-refractivity contribution in [2.75, 3.05) is 33.4 Å². The van der Waals surface area contributed by atoms with Crippen molar-refractivity contribution in [3.8, 4) is 5.75 Å². The predicted octanol–water partition coefficient (Wildman–Crippen LogP) is -0.0664. The van der Waals surface area contributed by atoms with Crippen LogP contribution in [0.3, 0.4) is 0 Å². The van der Waals surface area contributed by atoms with E-state index < -0.39 is 29.7 Å². The van der Waals surface area contributed by atoms with Gasteiger partial charge in [0.1, 0.15) is 24.7 Å². The number of carbonyl (C=O) groups is 6. The van der Waals surface area contributed by atoms with Gasteiger partial charge in [0.15, 0.2) is 6.61 Å². The van der Waals surface area contributed by atoms with Crippen molar-refractivity contribution in [2.24, 2.45) is 5.73 Å². The van der Waals surface area contributed by atoms with Gasteiger partial charge in [0, 0.05) is 26.6 Å². The van der Waals surface area contributed by atoms with Gasteiger partial charge in [-0.3, -0.25) is 28.9 Å². The molecule has 0 aromatic heterocycles. The molecule has 0 radical (unpaired) electrons. The average molecular weight is 505 g/mol. The largest absolute Gasteiger partial charge is 0.483 e. The summed E-state index contributed by atoms with van der Waals surface area (Å²) < 4.78 is 10.2. The Labute approximate surface area is 208 Å². The Morgan fingerprint density at radius 1 is 1.00 bits per heavy atom. The molecule has 1 aromatic carbocycles. The highest BCUT2D eigenvalue weighted by molar-refractivity contribution is 6.24. The molecular weight excluding hydrogens is 472 g/mol. The van der Waals surface area contributed by atoms with E-state index in [1.54, 1.807) is 0 Å². The van der Waals surface area contributed by atoms with Crippen LogP contribution in [0.4, 0.5) is 0 Å². The van der Waals surface area contributed by atoms with Gasteiger partial charge in [0.05, 0.1) is 11.1 Å². The molecule has 0 bridgehead atoms. The normalized spacial score (nSPS) is 13.2. The van der Waals surface area contributed by atoms with Gasteiger partial charge in [-0.25, -0.2) is 0 Å². The molecule has 5 amide bonds. The molecule has 1 aromatic rings. The smallest absolute Gasteiger partial charge is 0.266 e. The van der Waals surface area contributed by atoms with Crippen LogP contribution < -0.4 is 21.1 Å². The maximum absolute atomic E-state index is 13.0. The Bertz CT molecular complexity index is 981. The van der Waals surface area contributed by atoms with Gasteiger partial charge in [-0.15, -0.1) is 0 Å². The molecule has 12 heteroatoms. The lowest BCUT2D eigenvalue weighted by Crippen LogP contribution is -2.47. The maximum Gasteiger partial charge on any atom is 0.266 e. The number of amides is 5. The summed E-state index contributed by atoms with van der Waals surface area (Å²) >= 11 is 0. The number of nitrogens with one attached hydrogen (secondary N) is 2. The maximum atomic E-state index is 13.0. The van der Waals surface area contributed by atoms with Gasteiger partial charge in [0.2, 0.25) is 11.8 Å². The molecule has 4 N–H and O–H groups in total. The molecule has 12 nitrogen and oxygen atoms in total. The first kappa shape index (κ1) is 28.4. The number of nitrogens with zero attached hydrogens (tertiary/aromatic N) is 1. The van der Waals surface area contributed by atoms with E-state index in [0.29, 0.717) is 19.4 Å². The molecule has 196 valence electrons. The number of imide groups is 1. The molecule has 0 saturated carbocycles. The number of benzene rings is 1. The first-order valence-corrected chi connectivity index (χ1v) is 11.7. The van der Waals surface area contributed by atoms with Crippen LogP contribution in [0, 0.1) is 0 Å². The number of ether oxygens (including phenoxy) is 2. The van der Waals surface area contributed by atoms with E-state index in [4.69, 9.17) is 15.2 Å². The van der Waals surface area contributed by atoms with Crippen LogP contribution in [0.5, 0.6) is 5.75 Å². The van der Waals surface area contributed by atoms with Crippen LogP contribution in [0.1, 0.15) is 59.2 Å². The Balaban J connectivity index is 1.81. The second-order valence-corrected chi connectivity index (χ2v) is 8.16. The van der Waals surface area contributed by atoms with Crippen molar-refractivity contribution in [3.05, 3.63) is 29.3 Å². The summed E-state index contributed by atoms with van der Waals surface area (Å²) in [4.78, 5) is 72.5. The molecule has 1 atom stereocenters. The monoisotopic (exact) mass is 504 g/mol. The SMILES string of the molecule is COCC(=O)NCCCCCCNC(=O)COc1cccc2c1C(=O)N(C(CCC=O)C(N)=O)C2=O. The van der Waals surface area contributed by atoms with E-state index in [1.807, 2.05) is 0 Å². The quantitative estimate of drug-likeness (QED) is 0.150. The fourth-order valence-corrected chi connectivity index (χ4v) is 3.74. The Hall–Kier alpha value is -3.80. The molecule has 1 heterocycles. The van der Waals surface area contributed by atoms with Crippen LogP contribution in [0.2, 0.25) is 0 Å². The molecule has 1 aliphatic rings. The molecule has 0 fully saturated rings. The molecule has 0 aliphatic carbocycles. The number of nitrogens with two attached hydrogens (primary N) is 1. The minimum absolute atomic E-state index is 0.0358. The molecule has 0 spiro atoms. The number of hydrogen-bond donors (Lipinski definition) is 3. The fourth-order valence-electron chi connectivity index (χ4n) is 3.74. The van der Waals surface area contributed by atoms with Gasteiger partial charge < -0.3 is 30.6 Å². The number of methoxy groups -OCH3 is 1. The fraction of sp³-hybridized carbons (Fsp3) is 0.500. The van der Waals surface area contributed by atoms with Crippen LogP contribution in [0.25, 0.3) is 0 Å². The number of hydrogen-bond acceptors (Lipinski definition) is 8. The van der Waals surface area contributed by atoms with E-state index in [1.165, 1.54) is 25.3 Å². The Morgan fingerprint density at radius 3 is 2.22 bits per heavy atom. The highest BCUT2D eigenvalue weighted by atomic mass is 16.5. The van der Waals surface area contributed by atoms with Crippen molar-refractivity contribution >= 4 is 35.8 Å². The third-order valence-electron chi connectivity index (χ3n) is 5.49. The molecule has 0 saturated heterocycles. The summed E-state index contributed by atoms with van der Waals surface area (Å²) in [7, 11) is 1.46. The van der Waals surface area contributed by atoms with Gasteiger partial charge in [-0.2, -0.15) is 0 Å². The van der Waals surface area contributed by atoms with Crippen molar-refractivity contribution in [2.45, 2.75) is 44.6 Å². The standard InChI is InChI=1S/C24H32N4O8/c1-35-14-19(30)26-11-4-2-3-5-12-27-20(31)15-36-18-10-6-8-16-21(18)24(34)28(23(16)33)17(22(25)32)9-7-13-29/h6,8,10,13,17H,2-5,7,9,11-12,14-15H2,1H3,(H2,25,32)(H,26,30)(H,27,31). The Morgan fingerprint density at radius 2 is 1.64 bits per heavy atom. The topological polar surface area (TPSA) is 174 Å². The van der Waals surface area contributed by atoms with Crippen LogP contribution in [-0.2, 0) is 23.9 Å². The molecule has 1 unspecified atom stereocenters. The number of carbonyl (C=O) groups excluding carboxylic acids is 6. The molecule has 1 aliphatic heterocycles.